The van der Waals surface area contributed by atoms with Gasteiger partial charge in [-0.15, -0.1) is 0 Å². The molecule has 2 heterocycles. The van der Waals surface area contributed by atoms with E-state index in [-0.39, 0.29) is 11.1 Å². The molecule has 48 heavy (non-hydrogen) atoms. The molecule has 0 saturated heterocycles. The Hall–Kier alpha value is -5.18. The lowest BCUT2D eigenvalue weighted by Crippen LogP contribution is -2.12. The van der Waals surface area contributed by atoms with E-state index in [0.717, 1.165) is 82.0 Å². The lowest BCUT2D eigenvalue weighted by atomic mass is 9.92. The van der Waals surface area contributed by atoms with Gasteiger partial charge in [0.15, 0.2) is 0 Å². The molecular weight excluding hydrogens is 604 g/mol. The average molecular weight is 647 g/mol. The fourth-order valence-electron chi connectivity index (χ4n) is 5.79. The summed E-state index contributed by atoms with van der Waals surface area (Å²) in [6.07, 6.45) is 6.12. The Morgan fingerprint density at radius 3 is 1.38 bits per heavy atom. The molecular formula is C40H42N2O6. The van der Waals surface area contributed by atoms with Crippen LogP contribution in [-0.4, -0.2) is 73.2 Å². The smallest absolute Gasteiger partial charge is 0.335 e. The maximum absolute atomic E-state index is 11.4. The average Bonchev–Trinajstić information content (AvgIpc) is 3.32. The third-order valence-electron chi connectivity index (χ3n) is 8.26. The van der Waals surface area contributed by atoms with E-state index >= 15 is 0 Å². The Bertz CT molecular complexity index is 1720. The molecule has 0 fully saturated rings. The van der Waals surface area contributed by atoms with E-state index in [4.69, 9.17) is 9.47 Å². The molecule has 0 bridgehead atoms. The lowest BCUT2D eigenvalue weighted by molar-refractivity contribution is 0.0686. The third-order valence-corrected chi connectivity index (χ3v) is 8.26. The zero-order valence-corrected chi connectivity index (χ0v) is 27.9. The quantitative estimate of drug-likeness (QED) is 0.206. The summed E-state index contributed by atoms with van der Waals surface area (Å²) in [6.45, 7) is 2.84. The molecule has 2 N–H and O–H groups in total. The van der Waals surface area contributed by atoms with Crippen LogP contribution in [0.4, 0.5) is 0 Å². The van der Waals surface area contributed by atoms with Crippen LogP contribution in [0.1, 0.15) is 66.9 Å². The first-order chi connectivity index (χ1) is 23.1. The van der Waals surface area contributed by atoms with Crippen LogP contribution >= 0.6 is 0 Å². The highest BCUT2D eigenvalue weighted by Gasteiger charge is 2.22. The lowest BCUT2D eigenvalue weighted by Gasteiger charge is -2.13. The number of nitrogens with zero attached hydrogens (tertiary/aromatic N) is 2. The van der Waals surface area contributed by atoms with Crippen LogP contribution in [-0.2, 0) is 13.2 Å². The van der Waals surface area contributed by atoms with Gasteiger partial charge in [0, 0.05) is 24.2 Å². The van der Waals surface area contributed by atoms with Gasteiger partial charge < -0.3 is 29.5 Å². The number of carboxylic acids is 2. The topological polar surface area (TPSA) is 99.5 Å². The third kappa shape index (κ3) is 8.20. The van der Waals surface area contributed by atoms with Crippen LogP contribution < -0.4 is 9.47 Å². The van der Waals surface area contributed by atoms with Crippen LogP contribution in [0.2, 0.25) is 0 Å². The van der Waals surface area contributed by atoms with E-state index in [1.807, 2.05) is 52.5 Å². The van der Waals surface area contributed by atoms with Crippen molar-refractivity contribution in [2.45, 2.75) is 26.1 Å². The van der Waals surface area contributed by atoms with Gasteiger partial charge in [-0.1, -0.05) is 60.7 Å². The molecule has 8 heteroatoms. The highest BCUT2D eigenvalue weighted by atomic mass is 16.5. The zero-order valence-electron chi connectivity index (χ0n) is 27.9. The summed E-state index contributed by atoms with van der Waals surface area (Å²) < 4.78 is 11.8. The number of benzene rings is 4. The summed E-state index contributed by atoms with van der Waals surface area (Å²) in [5.41, 5.74) is 8.77. The van der Waals surface area contributed by atoms with E-state index in [0.29, 0.717) is 13.2 Å². The number of hydrogen-bond donors (Lipinski definition) is 2. The molecule has 8 nitrogen and oxygen atoms in total. The molecule has 0 unspecified atom stereocenters. The predicted molar refractivity (Wildman–Crippen MR) is 189 cm³/mol. The van der Waals surface area contributed by atoms with E-state index in [9.17, 15) is 19.8 Å². The molecule has 2 aliphatic heterocycles. The first-order valence-corrected chi connectivity index (χ1v) is 16.0. The van der Waals surface area contributed by atoms with E-state index in [1.54, 1.807) is 36.4 Å². The predicted octanol–water partition coefficient (Wildman–Crippen LogP) is 7.32. The summed E-state index contributed by atoms with van der Waals surface area (Å²) in [5.74, 6) is -0.398. The van der Waals surface area contributed by atoms with Gasteiger partial charge in [-0.05, 0) is 111 Å². The summed E-state index contributed by atoms with van der Waals surface area (Å²) in [7, 11) is 8.16. The molecule has 0 aromatic heterocycles. The van der Waals surface area contributed by atoms with E-state index in [1.165, 1.54) is 0 Å². The van der Waals surface area contributed by atoms with Crippen LogP contribution in [0.25, 0.3) is 11.1 Å². The van der Waals surface area contributed by atoms with Crippen molar-refractivity contribution >= 4 is 23.1 Å². The van der Waals surface area contributed by atoms with Crippen LogP contribution in [0.3, 0.4) is 0 Å². The molecule has 248 valence electrons. The standard InChI is InChI=1S/2C20H21NO3/c2*1-21(2)11-5-8-17-16-7-4-3-6-15(16)13-24-19-10-9-14(20(22)23)12-18(17)19/h2*3-4,6-10,12H,5,11,13H2,1-2H3,(H,22,23)/b2*17-8+. The Labute approximate surface area is 282 Å². The summed E-state index contributed by atoms with van der Waals surface area (Å²) in [4.78, 5) is 27.0. The van der Waals surface area contributed by atoms with Crippen molar-refractivity contribution in [3.63, 3.8) is 0 Å². The van der Waals surface area contributed by atoms with Crippen molar-refractivity contribution in [3.05, 3.63) is 142 Å². The zero-order chi connectivity index (χ0) is 34.2. The Kier molecular flexibility index (Phi) is 11.1. The minimum absolute atomic E-state index is 0.273. The molecule has 0 radical (unpaired) electrons. The minimum Gasteiger partial charge on any atom is -0.488 e. The Balaban J connectivity index is 0.000000188. The van der Waals surface area contributed by atoms with Gasteiger partial charge in [0.2, 0.25) is 0 Å². The first-order valence-electron chi connectivity index (χ1n) is 16.0. The van der Waals surface area contributed by atoms with Crippen LogP contribution in [0, 0.1) is 0 Å². The highest BCUT2D eigenvalue weighted by Crippen LogP contribution is 2.39. The number of hydrogen-bond acceptors (Lipinski definition) is 6. The van der Waals surface area contributed by atoms with Gasteiger partial charge in [0.1, 0.15) is 24.7 Å². The molecule has 0 atom stereocenters. The second-order valence-electron chi connectivity index (χ2n) is 12.3. The molecule has 2 aliphatic rings. The largest absolute Gasteiger partial charge is 0.488 e. The van der Waals surface area contributed by atoms with Crippen molar-refractivity contribution in [3.8, 4) is 11.5 Å². The van der Waals surface area contributed by atoms with Crippen molar-refractivity contribution < 1.29 is 29.3 Å². The summed E-state index contributed by atoms with van der Waals surface area (Å²) >= 11 is 0. The molecule has 6 rings (SSSR count). The van der Waals surface area contributed by atoms with Gasteiger partial charge in [0.05, 0.1) is 11.1 Å². The molecule has 0 saturated carbocycles. The number of ether oxygens (including phenoxy) is 2. The van der Waals surface area contributed by atoms with Crippen molar-refractivity contribution in [2.24, 2.45) is 0 Å². The monoisotopic (exact) mass is 646 g/mol. The Morgan fingerprint density at radius 2 is 1.00 bits per heavy atom. The second kappa shape index (κ2) is 15.6. The number of rotatable bonds is 8. The molecule has 4 aromatic rings. The van der Waals surface area contributed by atoms with Crippen molar-refractivity contribution in [1.82, 2.24) is 9.80 Å². The van der Waals surface area contributed by atoms with Gasteiger partial charge in [-0.3, -0.25) is 0 Å². The number of fused-ring (bicyclic) bond motifs is 4. The highest BCUT2D eigenvalue weighted by molar-refractivity contribution is 5.93. The minimum atomic E-state index is -0.928. The fraction of sp³-hybridized carbons (Fsp3) is 0.250. The van der Waals surface area contributed by atoms with Crippen molar-refractivity contribution in [2.75, 3.05) is 41.3 Å². The summed E-state index contributed by atoms with van der Waals surface area (Å²) in [6, 6.07) is 26.4. The fourth-order valence-corrected chi connectivity index (χ4v) is 5.79. The maximum atomic E-state index is 11.4. The molecule has 0 spiro atoms. The normalized spacial score (nSPS) is 14.7. The van der Waals surface area contributed by atoms with E-state index in [2.05, 4.69) is 46.2 Å². The van der Waals surface area contributed by atoms with Gasteiger partial charge in [-0.25, -0.2) is 9.59 Å². The first kappa shape index (κ1) is 34.2. The maximum Gasteiger partial charge on any atom is 0.335 e. The molecule has 0 aliphatic carbocycles. The van der Waals surface area contributed by atoms with Crippen LogP contribution in [0.5, 0.6) is 11.5 Å². The second-order valence-corrected chi connectivity index (χ2v) is 12.3. The molecule has 4 aromatic carbocycles. The van der Waals surface area contributed by atoms with E-state index < -0.39 is 11.9 Å². The van der Waals surface area contributed by atoms with Gasteiger partial charge >= 0.3 is 11.9 Å². The molecule has 0 amide bonds. The van der Waals surface area contributed by atoms with Gasteiger partial charge in [0.25, 0.3) is 0 Å². The van der Waals surface area contributed by atoms with Gasteiger partial charge in [-0.2, -0.15) is 0 Å². The summed E-state index contributed by atoms with van der Waals surface area (Å²) in [5, 5.41) is 18.6. The van der Waals surface area contributed by atoms with Crippen LogP contribution in [0.15, 0.2) is 97.1 Å². The van der Waals surface area contributed by atoms with Crippen molar-refractivity contribution in [1.29, 1.82) is 0 Å². The number of carboxylic acid groups (broad SMARTS) is 2. The SMILES string of the molecule is CN(C)CC/C=C1\c2ccccc2COc2ccc(C(=O)O)cc21.CN(C)CC/C=C1\c2ccccc2COc2ccc(C(=O)O)cc21. The Morgan fingerprint density at radius 1 is 0.604 bits per heavy atom. The number of carbonyl (C=O) groups is 2. The number of aromatic carboxylic acids is 2.